The Morgan fingerprint density at radius 2 is 2.09 bits per heavy atom. The first-order valence-corrected chi connectivity index (χ1v) is 4.74. The van der Waals surface area contributed by atoms with E-state index in [2.05, 4.69) is 13.5 Å². The van der Waals surface area contributed by atoms with E-state index in [1.165, 1.54) is 31.0 Å². The van der Waals surface area contributed by atoms with Crippen LogP contribution in [0.1, 0.15) is 33.1 Å². The molecule has 0 unspecified atom stereocenters. The van der Waals surface area contributed by atoms with Gasteiger partial charge in [0.05, 0.1) is 0 Å². The summed E-state index contributed by atoms with van der Waals surface area (Å²) in [5, 5.41) is 0.159. The first-order chi connectivity index (χ1) is 5.03. The lowest BCUT2D eigenvalue weighted by molar-refractivity contribution is -0.107. The zero-order valence-electron chi connectivity index (χ0n) is 7.14. The second-order valence-corrected chi connectivity index (χ2v) is 5.03. The molecule has 0 saturated heterocycles. The van der Waals surface area contributed by atoms with Crippen LogP contribution in [-0.4, -0.2) is 9.86 Å². The topological polar surface area (TPSA) is 17.1 Å². The number of rotatable bonds is 2. The highest BCUT2D eigenvalue weighted by Gasteiger charge is 2.34. The highest BCUT2D eigenvalue weighted by molar-refractivity contribution is 8.15. The molecule has 1 saturated carbocycles. The second-order valence-electron chi connectivity index (χ2n) is 3.47. The van der Waals surface area contributed by atoms with Crippen molar-refractivity contribution in [3.8, 4) is 0 Å². The van der Waals surface area contributed by atoms with Gasteiger partial charge in [-0.15, -0.1) is 0 Å². The standard InChI is InChI=1S/C9H14OS/c1-7(2)8(10)11-9(3)5-4-6-9/h1,4-6H2,2-3H3. The molecule has 0 aromatic carbocycles. The van der Waals surface area contributed by atoms with Crippen LogP contribution in [0.5, 0.6) is 0 Å². The van der Waals surface area contributed by atoms with Crippen LogP contribution in [0.25, 0.3) is 0 Å². The highest BCUT2D eigenvalue weighted by Crippen LogP contribution is 2.44. The first-order valence-electron chi connectivity index (χ1n) is 3.92. The van der Waals surface area contributed by atoms with E-state index >= 15 is 0 Å². The van der Waals surface area contributed by atoms with Gasteiger partial charge in [0.25, 0.3) is 0 Å². The van der Waals surface area contributed by atoms with Crippen molar-refractivity contribution >= 4 is 16.9 Å². The summed E-state index contributed by atoms with van der Waals surface area (Å²) in [6.07, 6.45) is 3.63. The van der Waals surface area contributed by atoms with Gasteiger partial charge in [0.1, 0.15) is 0 Å². The van der Waals surface area contributed by atoms with Crippen molar-refractivity contribution in [2.75, 3.05) is 0 Å². The van der Waals surface area contributed by atoms with E-state index in [9.17, 15) is 4.79 Å². The lowest BCUT2D eigenvalue weighted by Crippen LogP contribution is -2.30. The molecule has 1 fully saturated rings. The van der Waals surface area contributed by atoms with Crippen LogP contribution in [-0.2, 0) is 4.79 Å². The maximum atomic E-state index is 11.2. The minimum absolute atomic E-state index is 0.159. The summed E-state index contributed by atoms with van der Waals surface area (Å²) in [7, 11) is 0. The average molecular weight is 170 g/mol. The molecule has 62 valence electrons. The molecule has 0 aliphatic heterocycles. The minimum Gasteiger partial charge on any atom is -0.282 e. The Balaban J connectivity index is 2.41. The largest absolute Gasteiger partial charge is 0.282 e. The van der Waals surface area contributed by atoms with Gasteiger partial charge in [-0.05, 0) is 32.3 Å². The molecule has 0 bridgehead atoms. The van der Waals surface area contributed by atoms with Crippen molar-refractivity contribution in [1.29, 1.82) is 0 Å². The molecule has 1 aliphatic carbocycles. The summed E-state index contributed by atoms with van der Waals surface area (Å²) >= 11 is 1.46. The predicted octanol–water partition coefficient (Wildman–Crippen LogP) is 2.76. The van der Waals surface area contributed by atoms with E-state index < -0.39 is 0 Å². The van der Waals surface area contributed by atoms with E-state index in [-0.39, 0.29) is 9.86 Å². The van der Waals surface area contributed by atoms with Crippen LogP contribution in [0.15, 0.2) is 12.2 Å². The van der Waals surface area contributed by atoms with Gasteiger partial charge in [0.15, 0.2) is 0 Å². The number of thioether (sulfide) groups is 1. The summed E-state index contributed by atoms with van der Waals surface area (Å²) in [5.74, 6) is 0. The fourth-order valence-corrected chi connectivity index (χ4v) is 2.20. The van der Waals surface area contributed by atoms with Gasteiger partial charge in [-0.25, -0.2) is 0 Å². The van der Waals surface area contributed by atoms with E-state index in [0.29, 0.717) is 5.57 Å². The fourth-order valence-electron chi connectivity index (χ4n) is 1.09. The van der Waals surface area contributed by atoms with Gasteiger partial charge < -0.3 is 0 Å². The molecule has 0 amide bonds. The van der Waals surface area contributed by atoms with Gasteiger partial charge in [0.2, 0.25) is 5.12 Å². The molecule has 1 rings (SSSR count). The van der Waals surface area contributed by atoms with Crippen molar-refractivity contribution in [2.45, 2.75) is 37.9 Å². The molecule has 0 radical (unpaired) electrons. The summed E-state index contributed by atoms with van der Waals surface area (Å²) < 4.78 is 0.232. The van der Waals surface area contributed by atoms with Crippen molar-refractivity contribution in [2.24, 2.45) is 0 Å². The lowest BCUT2D eigenvalue weighted by Gasteiger charge is -2.36. The third-order valence-corrected chi connectivity index (χ3v) is 3.53. The van der Waals surface area contributed by atoms with Crippen molar-refractivity contribution in [1.82, 2.24) is 0 Å². The second kappa shape index (κ2) is 3.02. The number of carbonyl (C=O) groups is 1. The third-order valence-electron chi connectivity index (χ3n) is 2.10. The molecule has 0 aromatic heterocycles. The van der Waals surface area contributed by atoms with E-state index in [4.69, 9.17) is 0 Å². The molecule has 1 aliphatic rings. The van der Waals surface area contributed by atoms with Crippen molar-refractivity contribution in [3.63, 3.8) is 0 Å². The maximum Gasteiger partial charge on any atom is 0.214 e. The zero-order chi connectivity index (χ0) is 8.48. The van der Waals surface area contributed by atoms with Gasteiger partial charge in [-0.1, -0.05) is 24.8 Å². The molecule has 1 nitrogen and oxygen atoms in total. The number of carbonyl (C=O) groups excluding carboxylic acids is 1. The zero-order valence-corrected chi connectivity index (χ0v) is 7.96. The fraction of sp³-hybridized carbons (Fsp3) is 0.667. The Hall–Kier alpha value is -0.240. The summed E-state index contributed by atoms with van der Waals surface area (Å²) in [6, 6.07) is 0. The third kappa shape index (κ3) is 2.09. The van der Waals surface area contributed by atoms with Gasteiger partial charge in [-0.2, -0.15) is 0 Å². The molecule has 0 N–H and O–H groups in total. The molecule has 11 heavy (non-hydrogen) atoms. The highest BCUT2D eigenvalue weighted by atomic mass is 32.2. The molecular formula is C9H14OS. The molecule has 2 heteroatoms. The lowest BCUT2D eigenvalue weighted by atomic mass is 9.86. The maximum absolute atomic E-state index is 11.2. The Morgan fingerprint density at radius 1 is 1.55 bits per heavy atom. The molecule has 0 aromatic rings. The van der Waals surface area contributed by atoms with Crippen LogP contribution in [0.2, 0.25) is 0 Å². The van der Waals surface area contributed by atoms with E-state index in [0.717, 1.165) is 0 Å². The van der Waals surface area contributed by atoms with Crippen LogP contribution < -0.4 is 0 Å². The Bertz CT molecular complexity index is 192. The Morgan fingerprint density at radius 3 is 2.36 bits per heavy atom. The smallest absolute Gasteiger partial charge is 0.214 e. The van der Waals surface area contributed by atoms with Crippen molar-refractivity contribution in [3.05, 3.63) is 12.2 Å². The normalized spacial score (nSPS) is 20.5. The quantitative estimate of drug-likeness (QED) is 0.593. The summed E-state index contributed by atoms with van der Waals surface area (Å²) in [4.78, 5) is 11.2. The van der Waals surface area contributed by atoms with Crippen LogP contribution in [0, 0.1) is 0 Å². The van der Waals surface area contributed by atoms with Gasteiger partial charge >= 0.3 is 0 Å². The molecular weight excluding hydrogens is 156 g/mol. The van der Waals surface area contributed by atoms with E-state index in [1.54, 1.807) is 6.92 Å². The Kier molecular flexibility index (Phi) is 2.43. The first kappa shape index (κ1) is 8.85. The number of hydrogen-bond donors (Lipinski definition) is 0. The van der Waals surface area contributed by atoms with Crippen molar-refractivity contribution < 1.29 is 4.79 Å². The minimum atomic E-state index is 0.159. The molecule has 0 atom stereocenters. The monoisotopic (exact) mass is 170 g/mol. The van der Waals surface area contributed by atoms with Gasteiger partial charge in [0, 0.05) is 4.75 Å². The molecule has 0 spiro atoms. The molecule has 0 heterocycles. The van der Waals surface area contributed by atoms with Crippen LogP contribution in [0.4, 0.5) is 0 Å². The van der Waals surface area contributed by atoms with Crippen LogP contribution in [0.3, 0.4) is 0 Å². The van der Waals surface area contributed by atoms with E-state index in [1.807, 2.05) is 0 Å². The summed E-state index contributed by atoms with van der Waals surface area (Å²) in [5.41, 5.74) is 0.670. The predicted molar refractivity (Wildman–Crippen MR) is 49.7 cm³/mol. The van der Waals surface area contributed by atoms with Gasteiger partial charge in [-0.3, -0.25) is 4.79 Å². The average Bonchev–Trinajstić information content (AvgIpc) is 1.84. The SMILES string of the molecule is C=C(C)C(=O)SC1(C)CCC1. The summed E-state index contributed by atoms with van der Waals surface area (Å²) in [6.45, 7) is 7.56. The number of hydrogen-bond acceptors (Lipinski definition) is 2. The van der Waals surface area contributed by atoms with Crippen LogP contribution >= 0.6 is 11.8 Å². The Labute approximate surface area is 72.2 Å².